The van der Waals surface area contributed by atoms with E-state index in [1.807, 2.05) is 49.7 Å². The number of carbonyl (C=O) groups excluding carboxylic acids is 1. The number of nitrogens with one attached hydrogen (secondary N) is 2. The van der Waals surface area contributed by atoms with Gasteiger partial charge in [-0.3, -0.25) is 14.7 Å². The Morgan fingerprint density at radius 2 is 1.85 bits per heavy atom. The van der Waals surface area contributed by atoms with Gasteiger partial charge in [-0.15, -0.1) is 0 Å². The van der Waals surface area contributed by atoms with Crippen molar-refractivity contribution in [3.63, 3.8) is 0 Å². The lowest BCUT2D eigenvalue weighted by molar-refractivity contribution is 0.251. The van der Waals surface area contributed by atoms with E-state index >= 15 is 0 Å². The topological polar surface area (TPSA) is 76.8 Å². The predicted octanol–water partition coefficient (Wildman–Crippen LogP) is 2.91. The Bertz CT molecular complexity index is 910. The van der Waals surface area contributed by atoms with Crippen molar-refractivity contribution in [1.82, 2.24) is 24.9 Å². The Balaban J connectivity index is 1.64. The summed E-state index contributed by atoms with van der Waals surface area (Å²) in [6, 6.07) is 11.8. The van der Waals surface area contributed by atoms with Crippen LogP contribution in [0.15, 0.2) is 36.4 Å². The lowest BCUT2D eigenvalue weighted by Gasteiger charge is -2.09. The zero-order chi connectivity index (χ0) is 18.7. The predicted molar refractivity (Wildman–Crippen MR) is 101 cm³/mol. The third-order valence-corrected chi connectivity index (χ3v) is 4.38. The fourth-order valence-electron chi connectivity index (χ4n) is 2.96. The Morgan fingerprint density at radius 3 is 2.50 bits per heavy atom. The molecule has 2 amide bonds. The zero-order valence-electron chi connectivity index (χ0n) is 15.6. The van der Waals surface area contributed by atoms with E-state index in [0.717, 1.165) is 22.6 Å². The summed E-state index contributed by atoms with van der Waals surface area (Å²) in [5.41, 5.74) is 5.08. The first-order valence-electron chi connectivity index (χ1n) is 8.56. The zero-order valence-corrected chi connectivity index (χ0v) is 15.6. The van der Waals surface area contributed by atoms with Crippen LogP contribution >= 0.6 is 0 Å². The summed E-state index contributed by atoms with van der Waals surface area (Å²) in [7, 11) is 1.80. The highest BCUT2D eigenvalue weighted by Crippen LogP contribution is 2.15. The summed E-state index contributed by atoms with van der Waals surface area (Å²) in [5, 5.41) is 14.5. The Morgan fingerprint density at radius 1 is 1.12 bits per heavy atom. The minimum atomic E-state index is -0.261. The van der Waals surface area contributed by atoms with Gasteiger partial charge in [-0.05, 0) is 26.3 Å². The molecule has 3 aromatic rings. The van der Waals surface area contributed by atoms with Crippen LogP contribution in [0.5, 0.6) is 0 Å². The van der Waals surface area contributed by atoms with Crippen LogP contribution < -0.4 is 10.6 Å². The first kappa shape index (κ1) is 17.7. The number of rotatable bonds is 5. The molecule has 0 spiro atoms. The van der Waals surface area contributed by atoms with E-state index in [0.29, 0.717) is 18.9 Å². The molecule has 0 atom stereocenters. The first-order chi connectivity index (χ1) is 12.4. The highest BCUT2D eigenvalue weighted by Gasteiger charge is 2.13. The monoisotopic (exact) mass is 352 g/mol. The van der Waals surface area contributed by atoms with E-state index < -0.39 is 0 Å². The molecule has 0 aliphatic heterocycles. The smallest absolute Gasteiger partial charge is 0.320 e. The molecule has 0 fully saturated rings. The van der Waals surface area contributed by atoms with Crippen LogP contribution in [0, 0.1) is 20.8 Å². The third kappa shape index (κ3) is 3.93. The van der Waals surface area contributed by atoms with Crippen molar-refractivity contribution in [3.8, 4) is 0 Å². The minimum absolute atomic E-state index is 0.261. The first-order valence-corrected chi connectivity index (χ1v) is 8.56. The van der Waals surface area contributed by atoms with Gasteiger partial charge in [0.25, 0.3) is 0 Å². The lowest BCUT2D eigenvalue weighted by atomic mass is 10.2. The van der Waals surface area contributed by atoms with Gasteiger partial charge < -0.3 is 5.32 Å². The van der Waals surface area contributed by atoms with Crippen LogP contribution in [0.2, 0.25) is 0 Å². The van der Waals surface area contributed by atoms with Crippen LogP contribution in [0.25, 0.3) is 0 Å². The van der Waals surface area contributed by atoms with Gasteiger partial charge in [0.15, 0.2) is 0 Å². The van der Waals surface area contributed by atoms with Crippen molar-refractivity contribution in [2.24, 2.45) is 7.05 Å². The second-order valence-corrected chi connectivity index (χ2v) is 6.39. The highest BCUT2D eigenvalue weighted by atomic mass is 16.2. The van der Waals surface area contributed by atoms with Gasteiger partial charge >= 0.3 is 6.03 Å². The van der Waals surface area contributed by atoms with Gasteiger partial charge in [-0.1, -0.05) is 30.3 Å². The van der Waals surface area contributed by atoms with Gasteiger partial charge in [0, 0.05) is 30.9 Å². The highest BCUT2D eigenvalue weighted by molar-refractivity contribution is 5.88. The number of amides is 2. The van der Waals surface area contributed by atoms with Crippen molar-refractivity contribution in [2.75, 3.05) is 5.32 Å². The number of urea groups is 1. The molecular formula is C19H24N6O. The van der Waals surface area contributed by atoms with Crippen molar-refractivity contribution in [3.05, 3.63) is 64.6 Å². The molecular weight excluding hydrogens is 328 g/mol. The third-order valence-electron chi connectivity index (χ3n) is 4.38. The molecule has 0 aliphatic rings. The van der Waals surface area contributed by atoms with Crippen LogP contribution in [0.3, 0.4) is 0 Å². The Kier molecular flexibility index (Phi) is 5.06. The molecule has 0 aliphatic carbocycles. The summed E-state index contributed by atoms with van der Waals surface area (Å²) < 4.78 is 3.62. The van der Waals surface area contributed by atoms with Gasteiger partial charge in [0.2, 0.25) is 0 Å². The number of carbonyl (C=O) groups is 1. The van der Waals surface area contributed by atoms with Crippen molar-refractivity contribution >= 4 is 11.8 Å². The maximum absolute atomic E-state index is 12.2. The number of anilines is 1. The Labute approximate surface area is 153 Å². The Hall–Kier alpha value is -3.09. The van der Waals surface area contributed by atoms with E-state index in [1.54, 1.807) is 11.7 Å². The average Bonchev–Trinajstić information content (AvgIpc) is 3.05. The lowest BCUT2D eigenvalue weighted by Crippen LogP contribution is -2.29. The van der Waals surface area contributed by atoms with Crippen molar-refractivity contribution in [1.29, 1.82) is 0 Å². The largest absolute Gasteiger partial charge is 0.334 e. The molecule has 0 bridgehead atoms. The van der Waals surface area contributed by atoms with E-state index in [1.165, 1.54) is 5.56 Å². The van der Waals surface area contributed by atoms with Crippen LogP contribution in [-0.4, -0.2) is 25.6 Å². The summed E-state index contributed by atoms with van der Waals surface area (Å²) in [4.78, 5) is 12.2. The molecule has 2 heterocycles. The van der Waals surface area contributed by atoms with Gasteiger partial charge in [0.05, 0.1) is 17.9 Å². The van der Waals surface area contributed by atoms with E-state index in [9.17, 15) is 4.79 Å². The number of aryl methyl sites for hydroxylation is 3. The number of aromatic nitrogens is 4. The molecule has 2 aromatic heterocycles. The maximum atomic E-state index is 12.2. The van der Waals surface area contributed by atoms with Crippen molar-refractivity contribution < 1.29 is 4.79 Å². The second kappa shape index (κ2) is 7.43. The summed E-state index contributed by atoms with van der Waals surface area (Å²) >= 11 is 0. The van der Waals surface area contributed by atoms with E-state index in [4.69, 9.17) is 0 Å². The quantitative estimate of drug-likeness (QED) is 0.741. The fraction of sp³-hybridized carbons (Fsp3) is 0.316. The molecule has 0 saturated carbocycles. The summed E-state index contributed by atoms with van der Waals surface area (Å²) in [5.74, 6) is 0.660. The summed E-state index contributed by atoms with van der Waals surface area (Å²) in [6.45, 7) is 7.02. The fourth-order valence-corrected chi connectivity index (χ4v) is 2.96. The summed E-state index contributed by atoms with van der Waals surface area (Å²) in [6.07, 6.45) is 0. The molecule has 0 saturated heterocycles. The molecule has 0 unspecified atom stereocenters. The standard InChI is InChI=1S/C19H24N6O/c1-13-10-18(24(4)22-13)21-19(26)20-11-17-14(2)23-25(15(17)3)12-16-8-6-5-7-9-16/h5-10H,11-12H2,1-4H3,(H2,20,21,26). The second-order valence-electron chi connectivity index (χ2n) is 6.39. The normalized spacial score (nSPS) is 10.8. The average molecular weight is 352 g/mol. The van der Waals surface area contributed by atoms with Gasteiger partial charge in [-0.2, -0.15) is 10.2 Å². The van der Waals surface area contributed by atoms with Gasteiger partial charge in [0.1, 0.15) is 5.82 Å². The molecule has 136 valence electrons. The molecule has 1 aromatic carbocycles. The van der Waals surface area contributed by atoms with Crippen molar-refractivity contribution in [2.45, 2.75) is 33.9 Å². The minimum Gasteiger partial charge on any atom is -0.334 e. The van der Waals surface area contributed by atoms with Crippen LogP contribution in [0.4, 0.5) is 10.6 Å². The molecule has 7 heteroatoms. The number of hydrogen-bond acceptors (Lipinski definition) is 3. The van der Waals surface area contributed by atoms with Crippen LogP contribution in [0.1, 0.15) is 28.2 Å². The van der Waals surface area contributed by atoms with E-state index in [-0.39, 0.29) is 6.03 Å². The molecule has 3 rings (SSSR count). The number of hydrogen-bond donors (Lipinski definition) is 2. The molecule has 7 nitrogen and oxygen atoms in total. The van der Waals surface area contributed by atoms with E-state index in [2.05, 4.69) is 33.0 Å². The van der Waals surface area contributed by atoms with Crippen LogP contribution in [-0.2, 0) is 20.1 Å². The molecule has 2 N–H and O–H groups in total. The van der Waals surface area contributed by atoms with Gasteiger partial charge in [-0.25, -0.2) is 4.79 Å². The maximum Gasteiger partial charge on any atom is 0.320 e. The number of benzene rings is 1. The number of nitrogens with zero attached hydrogens (tertiary/aromatic N) is 4. The molecule has 26 heavy (non-hydrogen) atoms. The molecule has 0 radical (unpaired) electrons. The SMILES string of the molecule is Cc1cc(NC(=O)NCc2c(C)nn(Cc3ccccc3)c2C)n(C)n1.